The van der Waals surface area contributed by atoms with Gasteiger partial charge in [-0.3, -0.25) is 0 Å². The van der Waals surface area contributed by atoms with Gasteiger partial charge in [-0.25, -0.2) is 9.97 Å². The molecule has 0 spiro atoms. The number of aromatic nitrogens is 2. The van der Waals surface area contributed by atoms with Gasteiger partial charge in [-0.05, 0) is 30.3 Å². The van der Waals surface area contributed by atoms with Crippen molar-refractivity contribution in [3.8, 4) is 33.5 Å². The SMILES string of the molecule is COc1ccc(-c2nc(CSCc3coc(-c4ccccc4)n3)cs2)cc1OC. The summed E-state index contributed by atoms with van der Waals surface area (Å²) in [7, 11) is 3.27. The van der Waals surface area contributed by atoms with Gasteiger partial charge in [0.2, 0.25) is 5.89 Å². The van der Waals surface area contributed by atoms with E-state index in [0.29, 0.717) is 17.4 Å². The molecule has 0 aliphatic heterocycles. The van der Waals surface area contributed by atoms with Crippen LogP contribution in [-0.4, -0.2) is 24.2 Å². The lowest BCUT2D eigenvalue weighted by Crippen LogP contribution is -1.91. The summed E-state index contributed by atoms with van der Waals surface area (Å²) in [6.45, 7) is 0. The van der Waals surface area contributed by atoms with Crippen LogP contribution in [-0.2, 0) is 11.5 Å². The number of hydrogen-bond acceptors (Lipinski definition) is 7. The number of methoxy groups -OCH3 is 2. The Hall–Kier alpha value is -2.77. The van der Waals surface area contributed by atoms with Crippen LogP contribution in [0, 0.1) is 0 Å². The lowest BCUT2D eigenvalue weighted by Gasteiger charge is -2.08. The number of ether oxygens (including phenoxy) is 2. The molecule has 0 bridgehead atoms. The average molecular weight is 425 g/mol. The number of thiazole rings is 1. The van der Waals surface area contributed by atoms with Gasteiger partial charge in [0.15, 0.2) is 11.5 Å². The van der Waals surface area contributed by atoms with Crippen LogP contribution in [0.3, 0.4) is 0 Å². The average Bonchev–Trinajstić information content (AvgIpc) is 3.44. The maximum atomic E-state index is 5.60. The number of hydrogen-bond donors (Lipinski definition) is 0. The summed E-state index contributed by atoms with van der Waals surface area (Å²) in [4.78, 5) is 9.32. The third-order valence-corrected chi connectivity index (χ3v) is 6.19. The first-order valence-corrected chi connectivity index (χ1v) is 11.0. The minimum absolute atomic E-state index is 0.658. The Labute approximate surface area is 177 Å². The molecule has 0 atom stereocenters. The third-order valence-electron chi connectivity index (χ3n) is 4.25. The highest BCUT2D eigenvalue weighted by molar-refractivity contribution is 7.97. The first-order valence-electron chi connectivity index (χ1n) is 9.01. The lowest BCUT2D eigenvalue weighted by molar-refractivity contribution is 0.355. The zero-order valence-electron chi connectivity index (χ0n) is 16.1. The van der Waals surface area contributed by atoms with Crippen LogP contribution in [0.1, 0.15) is 11.4 Å². The van der Waals surface area contributed by atoms with E-state index < -0.39 is 0 Å². The molecule has 0 fully saturated rings. The van der Waals surface area contributed by atoms with Crippen molar-refractivity contribution in [2.75, 3.05) is 14.2 Å². The zero-order chi connectivity index (χ0) is 20.1. The minimum atomic E-state index is 0.658. The molecule has 0 unspecified atom stereocenters. The summed E-state index contributed by atoms with van der Waals surface area (Å²) in [6.07, 6.45) is 1.73. The van der Waals surface area contributed by atoms with E-state index in [1.807, 2.05) is 48.5 Å². The highest BCUT2D eigenvalue weighted by Crippen LogP contribution is 2.34. The van der Waals surface area contributed by atoms with Crippen molar-refractivity contribution in [2.24, 2.45) is 0 Å². The van der Waals surface area contributed by atoms with Gasteiger partial charge in [0.1, 0.15) is 11.3 Å². The van der Waals surface area contributed by atoms with Gasteiger partial charge in [-0.1, -0.05) is 18.2 Å². The van der Waals surface area contributed by atoms with E-state index >= 15 is 0 Å². The van der Waals surface area contributed by atoms with Crippen LogP contribution in [0.25, 0.3) is 22.0 Å². The first-order chi connectivity index (χ1) is 14.3. The molecular weight excluding hydrogens is 404 g/mol. The van der Waals surface area contributed by atoms with Crippen LogP contribution in [0.4, 0.5) is 0 Å². The predicted octanol–water partition coefficient (Wildman–Crippen LogP) is 5.92. The molecule has 4 aromatic rings. The molecule has 5 nitrogen and oxygen atoms in total. The fraction of sp³-hybridized carbons (Fsp3) is 0.182. The van der Waals surface area contributed by atoms with Crippen LogP contribution in [0.5, 0.6) is 11.5 Å². The van der Waals surface area contributed by atoms with Crippen LogP contribution in [0.2, 0.25) is 0 Å². The molecule has 2 aromatic heterocycles. The van der Waals surface area contributed by atoms with Crippen molar-refractivity contribution in [1.82, 2.24) is 9.97 Å². The molecule has 0 saturated carbocycles. The van der Waals surface area contributed by atoms with Crippen molar-refractivity contribution < 1.29 is 13.9 Å². The van der Waals surface area contributed by atoms with E-state index in [2.05, 4.69) is 10.4 Å². The molecule has 0 aliphatic rings. The van der Waals surface area contributed by atoms with Gasteiger partial charge in [-0.2, -0.15) is 0 Å². The van der Waals surface area contributed by atoms with Gasteiger partial charge in [0.05, 0.1) is 25.6 Å². The Balaban J connectivity index is 1.36. The summed E-state index contributed by atoms with van der Waals surface area (Å²) in [5.41, 5.74) is 4.00. The van der Waals surface area contributed by atoms with Crippen molar-refractivity contribution in [3.05, 3.63) is 71.6 Å². The second-order valence-corrected chi connectivity index (χ2v) is 8.06. The van der Waals surface area contributed by atoms with E-state index in [-0.39, 0.29) is 0 Å². The van der Waals surface area contributed by atoms with Crippen molar-refractivity contribution in [1.29, 1.82) is 0 Å². The second-order valence-electron chi connectivity index (χ2n) is 6.22. The van der Waals surface area contributed by atoms with E-state index in [1.165, 1.54) is 0 Å². The van der Waals surface area contributed by atoms with Gasteiger partial charge in [0, 0.05) is 28.0 Å². The molecule has 7 heteroatoms. The predicted molar refractivity (Wildman–Crippen MR) is 118 cm³/mol. The molecule has 4 rings (SSSR count). The molecule has 0 radical (unpaired) electrons. The third kappa shape index (κ3) is 4.63. The molecule has 2 heterocycles. The maximum Gasteiger partial charge on any atom is 0.226 e. The van der Waals surface area contributed by atoms with Crippen LogP contribution >= 0.6 is 23.1 Å². The molecule has 2 aromatic carbocycles. The fourth-order valence-electron chi connectivity index (χ4n) is 2.82. The molecule has 148 valence electrons. The summed E-state index contributed by atoms with van der Waals surface area (Å²) in [5, 5.41) is 3.06. The molecule has 0 saturated heterocycles. The van der Waals surface area contributed by atoms with E-state index in [9.17, 15) is 0 Å². The van der Waals surface area contributed by atoms with Gasteiger partial charge < -0.3 is 13.9 Å². The number of oxazole rings is 1. The highest BCUT2D eigenvalue weighted by atomic mass is 32.2. The van der Waals surface area contributed by atoms with Gasteiger partial charge >= 0.3 is 0 Å². The maximum absolute atomic E-state index is 5.60. The molecule has 0 N–H and O–H groups in total. The summed E-state index contributed by atoms with van der Waals surface area (Å²) in [6, 6.07) is 15.8. The van der Waals surface area contributed by atoms with Gasteiger partial charge in [-0.15, -0.1) is 23.1 Å². The first kappa shape index (κ1) is 19.5. The molecule has 0 amide bonds. The molecule has 0 aliphatic carbocycles. The fourth-order valence-corrected chi connectivity index (χ4v) is 4.54. The van der Waals surface area contributed by atoms with E-state index in [1.54, 1.807) is 43.6 Å². The Morgan fingerprint density at radius 2 is 1.69 bits per heavy atom. The van der Waals surface area contributed by atoms with Crippen molar-refractivity contribution in [3.63, 3.8) is 0 Å². The Bertz CT molecular complexity index is 1080. The summed E-state index contributed by atoms with van der Waals surface area (Å²) >= 11 is 3.40. The quantitative estimate of drug-likeness (QED) is 0.350. The smallest absolute Gasteiger partial charge is 0.226 e. The normalized spacial score (nSPS) is 10.8. The Kier molecular flexibility index (Phi) is 6.17. The van der Waals surface area contributed by atoms with Crippen LogP contribution in [0.15, 0.2) is 64.6 Å². The monoisotopic (exact) mass is 424 g/mol. The Morgan fingerprint density at radius 1 is 0.897 bits per heavy atom. The summed E-state index contributed by atoms with van der Waals surface area (Å²) < 4.78 is 16.3. The van der Waals surface area contributed by atoms with E-state index in [0.717, 1.165) is 39.0 Å². The Morgan fingerprint density at radius 3 is 2.48 bits per heavy atom. The van der Waals surface area contributed by atoms with Crippen molar-refractivity contribution in [2.45, 2.75) is 11.5 Å². The second kappa shape index (κ2) is 9.15. The van der Waals surface area contributed by atoms with Crippen LogP contribution < -0.4 is 9.47 Å². The lowest BCUT2D eigenvalue weighted by atomic mass is 10.2. The largest absolute Gasteiger partial charge is 0.493 e. The minimum Gasteiger partial charge on any atom is -0.493 e. The standard InChI is InChI=1S/C22H20N2O3S2/c1-25-19-9-8-16(10-20(19)26-2)22-24-18(14-29-22)13-28-12-17-11-27-21(23-17)15-6-4-3-5-7-15/h3-11,14H,12-13H2,1-2H3. The van der Waals surface area contributed by atoms with Crippen molar-refractivity contribution >= 4 is 23.1 Å². The number of thioether (sulfide) groups is 1. The van der Waals surface area contributed by atoms with E-state index in [4.69, 9.17) is 18.9 Å². The highest BCUT2D eigenvalue weighted by Gasteiger charge is 2.11. The number of rotatable bonds is 8. The molecule has 29 heavy (non-hydrogen) atoms. The zero-order valence-corrected chi connectivity index (χ0v) is 17.8. The van der Waals surface area contributed by atoms with Gasteiger partial charge in [0.25, 0.3) is 0 Å². The topological polar surface area (TPSA) is 57.4 Å². The number of nitrogens with zero attached hydrogens (tertiary/aromatic N) is 2. The number of benzene rings is 2. The summed E-state index contributed by atoms with van der Waals surface area (Å²) in [5.74, 6) is 3.67. The molecular formula is C22H20N2O3S2.